The van der Waals surface area contributed by atoms with E-state index in [-0.39, 0.29) is 11.8 Å². The normalized spacial score (nSPS) is 16.4. The summed E-state index contributed by atoms with van der Waals surface area (Å²) < 4.78 is 0. The Morgan fingerprint density at radius 3 is 2.46 bits per heavy atom. The number of rotatable bonds is 6. The molecule has 1 atom stereocenters. The van der Waals surface area contributed by atoms with Gasteiger partial charge in [0.25, 0.3) is 0 Å². The van der Waals surface area contributed by atoms with Crippen molar-refractivity contribution < 1.29 is 4.79 Å². The predicted molar refractivity (Wildman–Crippen MR) is 98.2 cm³/mol. The molecular formula is C21H24N2O. The molecule has 1 amide bonds. The molecule has 2 aromatic carbocycles. The summed E-state index contributed by atoms with van der Waals surface area (Å²) in [7, 11) is 4.11. The Morgan fingerprint density at radius 1 is 1.04 bits per heavy atom. The van der Waals surface area contributed by atoms with Gasteiger partial charge in [-0.05, 0) is 43.3 Å². The highest BCUT2D eigenvalue weighted by atomic mass is 16.2. The minimum absolute atomic E-state index is 0.0580. The van der Waals surface area contributed by atoms with Gasteiger partial charge in [-0.15, -0.1) is 0 Å². The van der Waals surface area contributed by atoms with Crippen molar-refractivity contribution in [2.24, 2.45) is 5.92 Å². The zero-order chi connectivity index (χ0) is 17.1. The first-order valence-electron chi connectivity index (χ1n) is 8.32. The quantitative estimate of drug-likeness (QED) is 0.884. The van der Waals surface area contributed by atoms with Crippen LogP contribution in [0.5, 0.6) is 0 Å². The van der Waals surface area contributed by atoms with Gasteiger partial charge in [-0.3, -0.25) is 4.79 Å². The van der Waals surface area contributed by atoms with E-state index in [1.54, 1.807) is 0 Å². The highest BCUT2D eigenvalue weighted by molar-refractivity contribution is 6.05. The number of hydrogen-bond donors (Lipinski definition) is 1. The van der Waals surface area contributed by atoms with Gasteiger partial charge < -0.3 is 10.2 Å². The zero-order valence-electron chi connectivity index (χ0n) is 14.5. The summed E-state index contributed by atoms with van der Waals surface area (Å²) >= 11 is 0. The smallest absolute Gasteiger partial charge is 0.231 e. The maximum absolute atomic E-state index is 12.5. The minimum atomic E-state index is -0.0580. The molecule has 3 rings (SSSR count). The van der Waals surface area contributed by atoms with Crippen LogP contribution in [-0.4, -0.2) is 24.9 Å². The average Bonchev–Trinajstić information content (AvgIpc) is 3.24. The van der Waals surface area contributed by atoms with Gasteiger partial charge in [-0.25, -0.2) is 0 Å². The molecule has 1 aliphatic rings. The molecule has 0 saturated heterocycles. The van der Waals surface area contributed by atoms with E-state index in [1.165, 1.54) is 16.7 Å². The van der Waals surface area contributed by atoms with E-state index in [9.17, 15) is 4.79 Å². The van der Waals surface area contributed by atoms with E-state index in [0.717, 1.165) is 17.7 Å². The topological polar surface area (TPSA) is 32.3 Å². The largest absolute Gasteiger partial charge is 0.351 e. The number of nitrogens with zero attached hydrogens (tertiary/aromatic N) is 1. The molecule has 0 heterocycles. The Morgan fingerprint density at radius 2 is 1.75 bits per heavy atom. The van der Waals surface area contributed by atoms with E-state index in [4.69, 9.17) is 0 Å². The van der Waals surface area contributed by atoms with Crippen LogP contribution in [0.2, 0.25) is 0 Å². The summed E-state index contributed by atoms with van der Waals surface area (Å²) in [5, 5.41) is 3.08. The summed E-state index contributed by atoms with van der Waals surface area (Å²) in [5.74, 6) is 0.0433. The van der Waals surface area contributed by atoms with Crippen LogP contribution >= 0.6 is 0 Å². The highest BCUT2D eigenvalue weighted by Gasteiger charge is 2.39. The third-order valence-corrected chi connectivity index (χ3v) is 4.37. The van der Waals surface area contributed by atoms with Crippen molar-refractivity contribution in [3.63, 3.8) is 0 Å². The molecular weight excluding hydrogens is 296 g/mol. The van der Waals surface area contributed by atoms with Crippen LogP contribution in [0.1, 0.15) is 23.6 Å². The minimum Gasteiger partial charge on any atom is -0.351 e. The maximum Gasteiger partial charge on any atom is 0.231 e. The first kappa shape index (κ1) is 16.5. The Balaban J connectivity index is 1.57. The molecule has 0 bridgehead atoms. The van der Waals surface area contributed by atoms with Gasteiger partial charge in [-0.1, -0.05) is 60.2 Å². The summed E-state index contributed by atoms with van der Waals surface area (Å²) in [4.78, 5) is 14.6. The fraction of sp³-hybridized carbons (Fsp3) is 0.286. The van der Waals surface area contributed by atoms with Crippen molar-refractivity contribution in [2.75, 3.05) is 14.1 Å². The number of carbonyl (C=O) groups is 1. The fourth-order valence-electron chi connectivity index (χ4n) is 3.16. The van der Waals surface area contributed by atoms with Crippen LogP contribution in [0.25, 0.3) is 5.57 Å². The summed E-state index contributed by atoms with van der Waals surface area (Å²) in [6.07, 6.45) is 0. The van der Waals surface area contributed by atoms with Gasteiger partial charge in [0, 0.05) is 13.1 Å². The van der Waals surface area contributed by atoms with Crippen molar-refractivity contribution in [3.8, 4) is 0 Å². The van der Waals surface area contributed by atoms with Crippen molar-refractivity contribution in [3.05, 3.63) is 76.9 Å². The van der Waals surface area contributed by atoms with Crippen molar-refractivity contribution >= 4 is 11.5 Å². The first-order valence-corrected chi connectivity index (χ1v) is 8.32. The molecule has 0 fully saturated rings. The van der Waals surface area contributed by atoms with Crippen LogP contribution in [0, 0.1) is 5.92 Å². The average molecular weight is 320 g/mol. The van der Waals surface area contributed by atoms with Gasteiger partial charge in [0.15, 0.2) is 0 Å². The first-order chi connectivity index (χ1) is 11.6. The van der Waals surface area contributed by atoms with Crippen LogP contribution in [0.4, 0.5) is 0 Å². The Kier molecular flexibility index (Phi) is 4.81. The molecule has 0 unspecified atom stereocenters. The Labute approximate surface area is 144 Å². The molecule has 3 heteroatoms. The molecule has 3 nitrogen and oxygen atoms in total. The van der Waals surface area contributed by atoms with E-state index in [1.807, 2.05) is 25.1 Å². The standard InChI is InChI=1S/C21H24N2O/c1-15-19(18-10-5-4-6-11-18)20(15)21(24)22-13-16-8-7-9-17(12-16)14-23(2)3/h4-12,20H,13-14H2,1-3H3,(H,22,24)/t20-/m1/s1. The van der Waals surface area contributed by atoms with Crippen LogP contribution < -0.4 is 5.32 Å². The summed E-state index contributed by atoms with van der Waals surface area (Å²) in [6, 6.07) is 18.5. The second kappa shape index (κ2) is 7.02. The van der Waals surface area contributed by atoms with Gasteiger partial charge in [-0.2, -0.15) is 0 Å². The van der Waals surface area contributed by atoms with Crippen molar-refractivity contribution in [1.29, 1.82) is 0 Å². The van der Waals surface area contributed by atoms with Gasteiger partial charge in [0.2, 0.25) is 5.91 Å². The van der Waals surface area contributed by atoms with Gasteiger partial charge >= 0.3 is 0 Å². The molecule has 24 heavy (non-hydrogen) atoms. The fourth-order valence-corrected chi connectivity index (χ4v) is 3.16. The lowest BCUT2D eigenvalue weighted by molar-refractivity contribution is -0.121. The molecule has 1 N–H and O–H groups in total. The Hall–Kier alpha value is -2.39. The lowest BCUT2D eigenvalue weighted by atomic mass is 10.1. The molecule has 2 aromatic rings. The molecule has 1 aliphatic carbocycles. The van der Waals surface area contributed by atoms with E-state index in [0.29, 0.717) is 6.54 Å². The second-order valence-corrected chi connectivity index (χ2v) is 6.67. The monoisotopic (exact) mass is 320 g/mol. The van der Waals surface area contributed by atoms with Crippen LogP contribution in [-0.2, 0) is 17.9 Å². The third-order valence-electron chi connectivity index (χ3n) is 4.37. The number of amides is 1. The lowest BCUT2D eigenvalue weighted by Crippen LogP contribution is -2.26. The molecule has 0 saturated carbocycles. The molecule has 0 aliphatic heterocycles. The summed E-state index contributed by atoms with van der Waals surface area (Å²) in [6.45, 7) is 3.53. The second-order valence-electron chi connectivity index (χ2n) is 6.67. The van der Waals surface area contributed by atoms with Crippen molar-refractivity contribution in [2.45, 2.75) is 20.0 Å². The van der Waals surface area contributed by atoms with E-state index < -0.39 is 0 Å². The molecule has 0 aromatic heterocycles. The van der Waals surface area contributed by atoms with Gasteiger partial charge in [0.05, 0.1) is 5.92 Å². The predicted octanol–water partition coefficient (Wildman–Crippen LogP) is 3.47. The highest BCUT2D eigenvalue weighted by Crippen LogP contribution is 2.46. The van der Waals surface area contributed by atoms with E-state index in [2.05, 4.69) is 60.7 Å². The maximum atomic E-state index is 12.5. The zero-order valence-corrected chi connectivity index (χ0v) is 14.5. The number of hydrogen-bond acceptors (Lipinski definition) is 2. The number of benzene rings is 2. The van der Waals surface area contributed by atoms with Crippen LogP contribution in [0.3, 0.4) is 0 Å². The summed E-state index contributed by atoms with van der Waals surface area (Å²) in [5.41, 5.74) is 5.91. The van der Waals surface area contributed by atoms with Gasteiger partial charge in [0.1, 0.15) is 0 Å². The molecule has 0 radical (unpaired) electrons. The number of carbonyl (C=O) groups excluding carboxylic acids is 1. The lowest BCUT2D eigenvalue weighted by Gasteiger charge is -2.11. The molecule has 0 spiro atoms. The molecule has 124 valence electrons. The Bertz CT molecular complexity index is 762. The van der Waals surface area contributed by atoms with E-state index >= 15 is 0 Å². The number of nitrogens with one attached hydrogen (secondary N) is 1. The van der Waals surface area contributed by atoms with Crippen molar-refractivity contribution in [1.82, 2.24) is 10.2 Å². The van der Waals surface area contributed by atoms with Crippen LogP contribution in [0.15, 0.2) is 60.2 Å². The SMILES string of the molecule is CC1=C(c2ccccc2)[C@@H]1C(=O)NCc1cccc(CN(C)C)c1. The third kappa shape index (κ3) is 3.74.